The minimum Gasteiger partial charge on any atom is -0.741 e. The van der Waals surface area contributed by atoms with Gasteiger partial charge in [0.1, 0.15) is 0 Å². The molecule has 0 saturated carbocycles. The molecule has 0 aliphatic rings. The third-order valence-electron chi connectivity index (χ3n) is 1.42. The molecule has 0 saturated heterocycles. The molecule has 0 rings (SSSR count). The summed E-state index contributed by atoms with van der Waals surface area (Å²) in [7, 11) is -30.5. The van der Waals surface area contributed by atoms with Crippen molar-refractivity contribution >= 4 is 50.6 Å². The first kappa shape index (κ1) is 52.8. The summed E-state index contributed by atoms with van der Waals surface area (Å²) in [6, 6.07) is 0. The minimum absolute atomic E-state index is 0. The van der Waals surface area contributed by atoms with Crippen LogP contribution in [0.1, 0.15) is 0 Å². The molecule has 0 fully saturated rings. The van der Waals surface area contributed by atoms with Crippen molar-refractivity contribution in [1.82, 2.24) is 0 Å². The minimum atomic E-state index is -6.09. The number of hydrogen-bond donors (Lipinski definition) is 0. The van der Waals surface area contributed by atoms with E-state index < -0.39 is 78.1 Å². The van der Waals surface area contributed by atoms with E-state index in [0.29, 0.717) is 0 Å². The molecule has 0 aromatic heterocycles. The molecule has 0 aliphatic carbocycles. The van der Waals surface area contributed by atoms with Gasteiger partial charge in [-0.05, 0) is 0 Å². The molecule has 0 spiro atoms. The molecule has 36 heteroatoms. The van der Waals surface area contributed by atoms with Crippen LogP contribution in [0.3, 0.4) is 0 Å². The smallest absolute Gasteiger partial charge is 0.485 e. The van der Waals surface area contributed by atoms with E-state index in [1.807, 2.05) is 0 Å². The van der Waals surface area contributed by atoms with Crippen molar-refractivity contribution in [3.05, 3.63) is 0 Å². The molecular formula is C5F15O15ReS5-5. The molecule has 0 bridgehead atoms. The summed E-state index contributed by atoms with van der Waals surface area (Å²) in [5, 5.41) is 0. The second-order valence-electron chi connectivity index (χ2n) is 4.50. The van der Waals surface area contributed by atoms with Crippen LogP contribution in [0.2, 0.25) is 0 Å². The van der Waals surface area contributed by atoms with Crippen molar-refractivity contribution in [3.8, 4) is 0 Å². The maximum absolute atomic E-state index is 10.7. The Morgan fingerprint density at radius 1 is 0.268 bits per heavy atom. The van der Waals surface area contributed by atoms with Gasteiger partial charge in [0.2, 0.25) is 0 Å². The second-order valence-corrected chi connectivity index (χ2v) is 11.4. The molecule has 0 heterocycles. The van der Waals surface area contributed by atoms with Gasteiger partial charge in [-0.15, -0.1) is 0 Å². The van der Waals surface area contributed by atoms with E-state index in [0.717, 1.165) is 0 Å². The van der Waals surface area contributed by atoms with Crippen LogP contribution in [0.15, 0.2) is 0 Å². The number of hydrogen-bond acceptors (Lipinski definition) is 15. The average molecular weight is 932 g/mol. The Balaban J connectivity index is -0.0000000928. The zero-order chi connectivity index (χ0) is 35.0. The number of rotatable bonds is 0. The Kier molecular flexibility index (Phi) is 21.0. The van der Waals surface area contributed by atoms with Crippen LogP contribution in [0.25, 0.3) is 0 Å². The first-order valence-corrected chi connectivity index (χ1v) is 13.4. The predicted octanol–water partition coefficient (Wildman–Crippen LogP) is 0.255. The van der Waals surface area contributed by atoms with E-state index in [1.54, 1.807) is 0 Å². The first-order chi connectivity index (χ1) is 16.2. The van der Waals surface area contributed by atoms with E-state index in [2.05, 4.69) is 0 Å². The van der Waals surface area contributed by atoms with Crippen molar-refractivity contribution in [3.63, 3.8) is 0 Å². The predicted molar refractivity (Wildman–Crippen MR) is 78.8 cm³/mol. The summed E-state index contributed by atoms with van der Waals surface area (Å²) >= 11 is 0. The quantitative estimate of drug-likeness (QED) is 0.179. The van der Waals surface area contributed by atoms with Crippen LogP contribution >= 0.6 is 0 Å². The molecule has 1 radical (unpaired) electrons. The third kappa shape index (κ3) is 27.7. The van der Waals surface area contributed by atoms with Crippen molar-refractivity contribution in [1.29, 1.82) is 0 Å². The van der Waals surface area contributed by atoms with Crippen molar-refractivity contribution in [2.24, 2.45) is 0 Å². The molecule has 0 N–H and O–H groups in total. The molecule has 0 unspecified atom stereocenters. The molecule has 41 heavy (non-hydrogen) atoms. The molecule has 15 nitrogen and oxygen atoms in total. The summed E-state index contributed by atoms with van der Waals surface area (Å²) < 4.78 is 295. The Bertz CT molecular complexity index is 1070. The van der Waals surface area contributed by atoms with Gasteiger partial charge in [0.05, 0.1) is 0 Å². The zero-order valence-corrected chi connectivity index (χ0v) is 23.5. The number of halogens is 15. The normalized spacial score (nSPS) is 13.7. The van der Waals surface area contributed by atoms with Crippen LogP contribution in [-0.2, 0) is 71.0 Å². The Morgan fingerprint density at radius 2 is 0.293 bits per heavy atom. The number of alkyl halides is 15. The van der Waals surface area contributed by atoms with Gasteiger partial charge in [-0.2, -0.15) is 65.9 Å². The maximum atomic E-state index is 10.7. The van der Waals surface area contributed by atoms with Crippen LogP contribution in [0.4, 0.5) is 65.9 Å². The maximum Gasteiger partial charge on any atom is 0.485 e. The topological polar surface area (TPSA) is 286 Å². The molecule has 0 amide bonds. The summed E-state index contributed by atoms with van der Waals surface area (Å²) in [6.45, 7) is 0. The molecule has 257 valence electrons. The van der Waals surface area contributed by atoms with Crippen molar-refractivity contribution < 1.29 is 151 Å². The molecule has 0 atom stereocenters. The Hall–Kier alpha value is -0.838. The monoisotopic (exact) mass is 932 g/mol. The molecular weight excluding hydrogens is 932 g/mol. The van der Waals surface area contributed by atoms with E-state index in [1.165, 1.54) is 0 Å². The Labute approximate surface area is 229 Å². The average Bonchev–Trinajstić information content (AvgIpc) is 2.47. The SMILES string of the molecule is O=S(=O)([O-])C(F)(F)F.O=S(=O)([O-])C(F)(F)F.O=S(=O)([O-])C(F)(F)F.O=S(=O)([O-])C(F)(F)F.O=S(=O)([O-])C(F)(F)F.[Re]. The van der Waals surface area contributed by atoms with E-state index in [9.17, 15) is 65.9 Å². The van der Waals surface area contributed by atoms with Gasteiger partial charge >= 0.3 is 27.5 Å². The molecule has 0 aliphatic heterocycles. The van der Waals surface area contributed by atoms with Gasteiger partial charge < -0.3 is 22.8 Å². The van der Waals surface area contributed by atoms with Gasteiger partial charge in [-0.25, -0.2) is 42.1 Å². The van der Waals surface area contributed by atoms with Crippen LogP contribution in [0, 0.1) is 0 Å². The Morgan fingerprint density at radius 3 is 0.293 bits per heavy atom. The molecule has 0 aromatic rings. The van der Waals surface area contributed by atoms with Crippen molar-refractivity contribution in [2.75, 3.05) is 0 Å². The fourth-order valence-corrected chi connectivity index (χ4v) is 0. The van der Waals surface area contributed by atoms with Gasteiger partial charge in [0.25, 0.3) is 0 Å². The fourth-order valence-electron chi connectivity index (χ4n) is 0. The van der Waals surface area contributed by atoms with Crippen LogP contribution in [-0.4, -0.2) is 92.4 Å². The van der Waals surface area contributed by atoms with E-state index in [-0.39, 0.29) is 20.4 Å². The van der Waals surface area contributed by atoms with E-state index in [4.69, 9.17) is 64.9 Å². The fraction of sp³-hybridized carbons (Fsp3) is 1.00. The second kappa shape index (κ2) is 16.3. The van der Waals surface area contributed by atoms with Gasteiger partial charge in [0, 0.05) is 20.4 Å². The summed E-state index contributed by atoms with van der Waals surface area (Å²) in [5.41, 5.74) is -28.2. The van der Waals surface area contributed by atoms with Gasteiger partial charge in [-0.3, -0.25) is 0 Å². The van der Waals surface area contributed by atoms with Gasteiger partial charge in [-0.1, -0.05) is 0 Å². The summed E-state index contributed by atoms with van der Waals surface area (Å²) in [6.07, 6.45) is 0. The van der Waals surface area contributed by atoms with Crippen LogP contribution in [0.5, 0.6) is 0 Å². The summed E-state index contributed by atoms with van der Waals surface area (Å²) in [4.78, 5) is 0. The van der Waals surface area contributed by atoms with Crippen molar-refractivity contribution in [2.45, 2.75) is 27.5 Å². The van der Waals surface area contributed by atoms with Crippen LogP contribution < -0.4 is 0 Å². The third-order valence-corrected chi connectivity index (χ3v) is 4.25. The van der Waals surface area contributed by atoms with Gasteiger partial charge in [0.15, 0.2) is 50.6 Å². The first-order valence-electron chi connectivity index (χ1n) is 6.36. The standard InChI is InChI=1S/5CHF3O3S.Re/c5*2-1(3,4)8(5,6)7;/h5*(H,5,6,7);/p-5. The summed E-state index contributed by atoms with van der Waals surface area (Å²) in [5.74, 6) is 0. The van der Waals surface area contributed by atoms with E-state index >= 15 is 0 Å². The zero-order valence-electron chi connectivity index (χ0n) is 16.7. The largest absolute Gasteiger partial charge is 0.741 e. The molecule has 0 aromatic carbocycles.